The van der Waals surface area contributed by atoms with Crippen molar-refractivity contribution in [1.29, 1.82) is 0 Å². The highest BCUT2D eigenvalue weighted by Crippen LogP contribution is 2.27. The molecule has 1 aliphatic heterocycles. The number of aliphatic hydroxyl groups excluding tert-OH is 1. The van der Waals surface area contributed by atoms with Crippen LogP contribution < -0.4 is 0 Å². The first-order valence-corrected chi connectivity index (χ1v) is 7.27. The van der Waals surface area contributed by atoms with E-state index >= 15 is 0 Å². The van der Waals surface area contributed by atoms with Crippen LogP contribution in [0.15, 0.2) is 21.6 Å². The van der Waals surface area contributed by atoms with Crippen LogP contribution in [0.2, 0.25) is 0 Å². The Bertz CT molecular complexity index is 499. The van der Waals surface area contributed by atoms with Gasteiger partial charge in [-0.1, -0.05) is 13.8 Å². The Balaban J connectivity index is 2.32. The van der Waals surface area contributed by atoms with Gasteiger partial charge in [0.25, 0.3) is 0 Å². The molecule has 0 radical (unpaired) electrons. The lowest BCUT2D eigenvalue weighted by atomic mass is 10.0. The van der Waals surface area contributed by atoms with Crippen LogP contribution in [0.25, 0.3) is 0 Å². The molecular weight excluding hydrogens is 278 g/mol. The quantitative estimate of drug-likeness (QED) is 0.921. The number of aromatic nitrogens is 1. The third-order valence-corrected chi connectivity index (χ3v) is 3.94. The number of aliphatic hydroxyl groups is 1. The number of aliphatic imine (C=N–C) groups is 2. The van der Waals surface area contributed by atoms with Crippen molar-refractivity contribution in [2.24, 2.45) is 15.9 Å². The number of hydrogen-bond acceptors (Lipinski definition) is 7. The van der Waals surface area contributed by atoms with Gasteiger partial charge in [-0.2, -0.15) is 0 Å². The van der Waals surface area contributed by atoms with Crippen LogP contribution in [-0.2, 0) is 9.47 Å². The number of rotatable bonds is 3. The minimum atomic E-state index is -0.882. The van der Waals surface area contributed by atoms with Gasteiger partial charge in [-0.3, -0.25) is 0 Å². The fraction of sp³-hybridized carbons (Fsp3) is 0.615. The molecule has 6 nitrogen and oxygen atoms in total. The highest BCUT2D eigenvalue weighted by Gasteiger charge is 2.36. The summed E-state index contributed by atoms with van der Waals surface area (Å²) in [7, 11) is 3.10. The van der Waals surface area contributed by atoms with Crippen molar-refractivity contribution in [3.8, 4) is 0 Å². The van der Waals surface area contributed by atoms with E-state index in [4.69, 9.17) is 9.47 Å². The maximum absolute atomic E-state index is 10.4. The molecule has 0 spiro atoms. The Morgan fingerprint density at radius 2 is 1.75 bits per heavy atom. The molecule has 0 aromatic carbocycles. The summed E-state index contributed by atoms with van der Waals surface area (Å²) in [6.45, 7) is 4.07. The molecule has 0 unspecified atom stereocenters. The molecule has 110 valence electrons. The van der Waals surface area contributed by atoms with Crippen molar-refractivity contribution >= 4 is 23.1 Å². The lowest BCUT2D eigenvalue weighted by molar-refractivity contribution is 0.155. The van der Waals surface area contributed by atoms with E-state index in [-0.39, 0.29) is 12.0 Å². The lowest BCUT2D eigenvalue weighted by Gasteiger charge is -2.28. The Labute approximate surface area is 122 Å². The van der Waals surface area contributed by atoms with E-state index in [1.807, 2.05) is 19.2 Å². The minimum absolute atomic E-state index is 0.185. The second-order valence-corrected chi connectivity index (χ2v) is 5.72. The lowest BCUT2D eigenvalue weighted by Crippen LogP contribution is -2.40. The zero-order valence-electron chi connectivity index (χ0n) is 12.0. The van der Waals surface area contributed by atoms with Gasteiger partial charge in [0.2, 0.25) is 11.8 Å². The Kier molecular flexibility index (Phi) is 4.72. The molecule has 1 N–H and O–H groups in total. The van der Waals surface area contributed by atoms with E-state index in [9.17, 15) is 5.11 Å². The van der Waals surface area contributed by atoms with Crippen molar-refractivity contribution in [2.75, 3.05) is 14.2 Å². The van der Waals surface area contributed by atoms with Crippen LogP contribution in [0.5, 0.6) is 0 Å². The van der Waals surface area contributed by atoms with Crippen LogP contribution in [0, 0.1) is 5.92 Å². The van der Waals surface area contributed by atoms with Gasteiger partial charge in [0.05, 0.1) is 14.2 Å². The molecule has 20 heavy (non-hydrogen) atoms. The summed E-state index contributed by atoms with van der Waals surface area (Å²) >= 11 is 1.37. The van der Waals surface area contributed by atoms with Crippen LogP contribution in [0.3, 0.4) is 0 Å². The van der Waals surface area contributed by atoms with Gasteiger partial charge in [0.15, 0.2) is 6.04 Å². The van der Waals surface area contributed by atoms with Gasteiger partial charge in [-0.25, -0.2) is 15.0 Å². The normalized spacial score (nSPS) is 24.1. The van der Waals surface area contributed by atoms with Crippen molar-refractivity contribution in [1.82, 2.24) is 4.98 Å². The molecule has 1 aliphatic rings. The third kappa shape index (κ3) is 2.83. The highest BCUT2D eigenvalue weighted by atomic mass is 32.1. The molecule has 0 saturated carbocycles. The molecule has 1 aromatic rings. The predicted molar refractivity (Wildman–Crippen MR) is 78.4 cm³/mol. The van der Waals surface area contributed by atoms with Crippen molar-refractivity contribution in [2.45, 2.75) is 32.0 Å². The van der Waals surface area contributed by atoms with Crippen molar-refractivity contribution in [3.63, 3.8) is 0 Å². The summed E-state index contributed by atoms with van der Waals surface area (Å²) in [6.07, 6.45) is 0.764. The fourth-order valence-electron chi connectivity index (χ4n) is 2.04. The maximum atomic E-state index is 10.4. The third-order valence-electron chi connectivity index (χ3n) is 3.09. The number of hydrogen-bond donors (Lipinski definition) is 1. The molecule has 7 heteroatoms. The maximum Gasteiger partial charge on any atom is 0.212 e. The molecule has 2 heterocycles. The molecule has 0 saturated heterocycles. The first-order chi connectivity index (χ1) is 9.58. The first kappa shape index (κ1) is 14.9. The molecule has 0 fully saturated rings. The van der Waals surface area contributed by atoms with Crippen LogP contribution in [0.1, 0.15) is 25.0 Å². The van der Waals surface area contributed by atoms with Gasteiger partial charge in [0, 0.05) is 11.6 Å². The monoisotopic (exact) mass is 297 g/mol. The topological polar surface area (TPSA) is 76.3 Å². The van der Waals surface area contributed by atoms with E-state index in [0.717, 1.165) is 0 Å². The SMILES string of the molecule is COC1=N[C@H]([C@@H](O)c2nccs2)C(OC)=N[C@H]1C(C)C. The highest BCUT2D eigenvalue weighted by molar-refractivity contribution is 7.09. The second kappa shape index (κ2) is 6.32. The van der Waals surface area contributed by atoms with Gasteiger partial charge in [0.1, 0.15) is 17.2 Å². The second-order valence-electron chi connectivity index (χ2n) is 4.79. The van der Waals surface area contributed by atoms with Gasteiger partial charge in [-0.15, -0.1) is 11.3 Å². The predicted octanol–water partition coefficient (Wildman–Crippen LogP) is 1.67. The van der Waals surface area contributed by atoms with Crippen LogP contribution >= 0.6 is 11.3 Å². The minimum Gasteiger partial charge on any atom is -0.483 e. The summed E-state index contributed by atoms with van der Waals surface area (Å²) in [4.78, 5) is 13.1. The van der Waals surface area contributed by atoms with Gasteiger partial charge < -0.3 is 14.6 Å². The summed E-state index contributed by atoms with van der Waals surface area (Å²) in [5.74, 6) is 1.16. The molecule has 0 amide bonds. The van der Waals surface area contributed by atoms with Crippen LogP contribution in [-0.4, -0.2) is 48.2 Å². The van der Waals surface area contributed by atoms with E-state index in [2.05, 4.69) is 15.0 Å². The Morgan fingerprint density at radius 3 is 2.25 bits per heavy atom. The number of nitrogens with zero attached hydrogens (tertiary/aromatic N) is 3. The smallest absolute Gasteiger partial charge is 0.212 e. The van der Waals surface area contributed by atoms with Gasteiger partial charge in [-0.05, 0) is 5.92 Å². The van der Waals surface area contributed by atoms with Gasteiger partial charge >= 0.3 is 0 Å². The molecular formula is C13H19N3O3S. The van der Waals surface area contributed by atoms with E-state index in [0.29, 0.717) is 16.8 Å². The van der Waals surface area contributed by atoms with Crippen molar-refractivity contribution in [3.05, 3.63) is 16.6 Å². The van der Waals surface area contributed by atoms with E-state index in [1.165, 1.54) is 18.4 Å². The summed E-state index contributed by atoms with van der Waals surface area (Å²) < 4.78 is 10.6. The largest absolute Gasteiger partial charge is 0.483 e. The molecule has 3 atom stereocenters. The first-order valence-electron chi connectivity index (χ1n) is 6.39. The number of ether oxygens (including phenoxy) is 2. The molecule has 1 aromatic heterocycles. The zero-order chi connectivity index (χ0) is 14.7. The molecule has 0 bridgehead atoms. The Morgan fingerprint density at radius 1 is 1.15 bits per heavy atom. The fourth-order valence-corrected chi connectivity index (χ4v) is 2.69. The zero-order valence-corrected chi connectivity index (χ0v) is 12.8. The van der Waals surface area contributed by atoms with E-state index < -0.39 is 12.1 Å². The molecule has 2 rings (SSSR count). The summed E-state index contributed by atoms with van der Waals surface area (Å²) in [5, 5.41) is 12.8. The summed E-state index contributed by atoms with van der Waals surface area (Å²) in [5.41, 5.74) is 0. The average molecular weight is 297 g/mol. The van der Waals surface area contributed by atoms with E-state index in [1.54, 1.807) is 13.3 Å². The standard InChI is InChI=1S/C13H19N3O3S/c1-7(2)8-11(18-3)16-9(12(15-8)19-4)10(17)13-14-5-6-20-13/h5-10,17H,1-4H3/t8-,9+,10+/m0/s1. The summed E-state index contributed by atoms with van der Waals surface area (Å²) in [6, 6.07) is -0.800. The molecule has 0 aliphatic carbocycles. The van der Waals surface area contributed by atoms with Crippen molar-refractivity contribution < 1.29 is 14.6 Å². The number of methoxy groups -OCH3 is 2. The average Bonchev–Trinajstić information content (AvgIpc) is 2.99. The Hall–Kier alpha value is -1.47. The number of thiazole rings is 1. The van der Waals surface area contributed by atoms with Crippen LogP contribution in [0.4, 0.5) is 0 Å².